The number of hydrogen-bond donors (Lipinski definition) is 2. The van der Waals surface area contributed by atoms with Gasteiger partial charge in [-0.15, -0.1) is 35.3 Å². The van der Waals surface area contributed by atoms with Crippen LogP contribution in [-0.2, 0) is 12.8 Å². The van der Waals surface area contributed by atoms with E-state index >= 15 is 0 Å². The Kier molecular flexibility index (Phi) is 10.3. The number of ether oxygens (including phenoxy) is 1. The lowest BCUT2D eigenvalue weighted by Crippen LogP contribution is -2.39. The molecule has 5 nitrogen and oxygen atoms in total. The van der Waals surface area contributed by atoms with Crippen LogP contribution in [0.5, 0.6) is 5.75 Å². The number of benzene rings is 1. The average molecular weight is 509 g/mol. The molecule has 0 unspecified atom stereocenters. The highest BCUT2D eigenvalue weighted by molar-refractivity contribution is 14.0. The number of aromatic nitrogens is 1. The van der Waals surface area contributed by atoms with Crippen molar-refractivity contribution in [1.82, 2.24) is 15.6 Å². The summed E-state index contributed by atoms with van der Waals surface area (Å²) in [7, 11) is 3.41. The van der Waals surface area contributed by atoms with Crippen molar-refractivity contribution in [3.05, 3.63) is 44.4 Å². The molecule has 0 aliphatic rings. The summed E-state index contributed by atoms with van der Waals surface area (Å²) in [4.78, 5) is 10.0. The van der Waals surface area contributed by atoms with E-state index in [9.17, 15) is 0 Å². The summed E-state index contributed by atoms with van der Waals surface area (Å²) in [5.74, 6) is 1.57. The highest BCUT2D eigenvalue weighted by Gasteiger charge is 2.06. The lowest BCUT2D eigenvalue weighted by Gasteiger charge is -2.12. The number of aryl methyl sites for hydroxylation is 2. The Balaban J connectivity index is 0.00000338. The molecule has 2 aromatic rings. The van der Waals surface area contributed by atoms with Crippen molar-refractivity contribution >= 4 is 52.9 Å². The van der Waals surface area contributed by atoms with Crippen molar-refractivity contribution in [3.63, 3.8) is 0 Å². The van der Waals surface area contributed by atoms with E-state index in [0.29, 0.717) is 0 Å². The van der Waals surface area contributed by atoms with Crippen LogP contribution in [0, 0.1) is 13.8 Å². The maximum Gasteiger partial charge on any atom is 0.190 e. The number of rotatable bonds is 7. The quantitative estimate of drug-likeness (QED) is 0.337. The number of aliphatic imine (C=N–C) groups is 1. The van der Waals surface area contributed by atoms with Gasteiger partial charge in [-0.05, 0) is 38.0 Å². The van der Waals surface area contributed by atoms with Crippen LogP contribution < -0.4 is 15.4 Å². The average Bonchev–Trinajstić information content (AvgIpc) is 2.92. The van der Waals surface area contributed by atoms with Gasteiger partial charge in [0.1, 0.15) is 5.75 Å². The van der Waals surface area contributed by atoms with E-state index in [4.69, 9.17) is 16.3 Å². The highest BCUT2D eigenvalue weighted by atomic mass is 127. The highest BCUT2D eigenvalue weighted by Crippen LogP contribution is 2.22. The van der Waals surface area contributed by atoms with Crippen LogP contribution in [-0.4, -0.2) is 38.2 Å². The van der Waals surface area contributed by atoms with Crippen LogP contribution in [0.1, 0.15) is 21.1 Å². The molecule has 0 atom stereocenters. The van der Waals surface area contributed by atoms with E-state index in [-0.39, 0.29) is 24.0 Å². The molecule has 0 aliphatic heterocycles. The third kappa shape index (κ3) is 6.92. The molecule has 0 aliphatic carbocycles. The summed E-state index contributed by atoms with van der Waals surface area (Å²) in [5.41, 5.74) is 2.21. The Morgan fingerprint density at radius 1 is 1.23 bits per heavy atom. The van der Waals surface area contributed by atoms with Crippen molar-refractivity contribution in [3.8, 4) is 5.75 Å². The largest absolute Gasteiger partial charge is 0.497 e. The van der Waals surface area contributed by atoms with E-state index < -0.39 is 0 Å². The molecule has 0 saturated heterocycles. The van der Waals surface area contributed by atoms with Gasteiger partial charge in [0, 0.05) is 36.5 Å². The Bertz CT molecular complexity index is 736. The summed E-state index contributed by atoms with van der Waals surface area (Å²) >= 11 is 8.02. The smallest absolute Gasteiger partial charge is 0.190 e. The van der Waals surface area contributed by atoms with Gasteiger partial charge in [0.2, 0.25) is 0 Å². The lowest BCUT2D eigenvalue weighted by atomic mass is 10.1. The maximum absolute atomic E-state index is 6.27. The number of hydrogen-bond acceptors (Lipinski definition) is 4. The van der Waals surface area contributed by atoms with E-state index in [1.165, 1.54) is 4.88 Å². The predicted octanol–water partition coefficient (Wildman–Crippen LogP) is 3.99. The second kappa shape index (κ2) is 11.6. The number of thiazole rings is 1. The van der Waals surface area contributed by atoms with Crippen LogP contribution >= 0.6 is 46.9 Å². The van der Waals surface area contributed by atoms with E-state index in [1.54, 1.807) is 25.5 Å². The SMILES string of the molecule is CN=C(NCCc1ccc(OC)cc1Cl)NCCc1sc(C)nc1C.I. The molecular weight excluding hydrogens is 483 g/mol. The molecule has 2 rings (SSSR count). The molecule has 2 N–H and O–H groups in total. The topological polar surface area (TPSA) is 58.5 Å². The molecule has 26 heavy (non-hydrogen) atoms. The summed E-state index contributed by atoms with van der Waals surface area (Å²) in [6.45, 7) is 5.68. The summed E-state index contributed by atoms with van der Waals surface area (Å²) < 4.78 is 5.17. The fourth-order valence-electron chi connectivity index (χ4n) is 2.49. The number of guanidine groups is 1. The van der Waals surface area contributed by atoms with Gasteiger partial charge in [-0.25, -0.2) is 4.98 Å². The predicted molar refractivity (Wildman–Crippen MR) is 122 cm³/mol. The third-order valence-corrected chi connectivity index (χ3v) is 5.30. The monoisotopic (exact) mass is 508 g/mol. The molecule has 1 heterocycles. The van der Waals surface area contributed by atoms with Gasteiger partial charge in [0.15, 0.2) is 5.96 Å². The number of halogens is 2. The van der Waals surface area contributed by atoms with E-state index in [0.717, 1.165) is 58.9 Å². The Morgan fingerprint density at radius 3 is 2.46 bits per heavy atom. The molecule has 8 heteroatoms. The molecular formula is C18H26ClIN4OS. The zero-order chi connectivity index (χ0) is 18.2. The molecule has 0 saturated carbocycles. The van der Waals surface area contributed by atoms with Crippen molar-refractivity contribution < 1.29 is 4.74 Å². The summed E-state index contributed by atoms with van der Waals surface area (Å²) in [5, 5.41) is 8.49. The zero-order valence-electron chi connectivity index (χ0n) is 15.6. The molecule has 0 bridgehead atoms. The number of nitrogens with one attached hydrogen (secondary N) is 2. The minimum atomic E-state index is 0. The van der Waals surface area contributed by atoms with E-state index in [2.05, 4.69) is 27.5 Å². The molecule has 0 amide bonds. The summed E-state index contributed by atoms with van der Waals surface area (Å²) in [6, 6.07) is 5.75. The maximum atomic E-state index is 6.27. The van der Waals surface area contributed by atoms with Crippen LogP contribution in [0.25, 0.3) is 0 Å². The van der Waals surface area contributed by atoms with Crippen LogP contribution in [0.2, 0.25) is 5.02 Å². The van der Waals surface area contributed by atoms with Gasteiger partial charge >= 0.3 is 0 Å². The molecule has 0 fully saturated rings. The van der Waals surface area contributed by atoms with Gasteiger partial charge in [0.25, 0.3) is 0 Å². The fourth-order valence-corrected chi connectivity index (χ4v) is 3.70. The van der Waals surface area contributed by atoms with Gasteiger partial charge in [-0.3, -0.25) is 4.99 Å². The second-order valence-electron chi connectivity index (χ2n) is 5.62. The van der Waals surface area contributed by atoms with Gasteiger partial charge in [0.05, 0.1) is 17.8 Å². The Hall–Kier alpha value is -1.06. The fraction of sp³-hybridized carbons (Fsp3) is 0.444. The first-order chi connectivity index (χ1) is 12.0. The zero-order valence-corrected chi connectivity index (χ0v) is 19.5. The molecule has 0 radical (unpaired) electrons. The van der Waals surface area contributed by atoms with Gasteiger partial charge in [-0.1, -0.05) is 17.7 Å². The van der Waals surface area contributed by atoms with Crippen LogP contribution in [0.3, 0.4) is 0 Å². The first-order valence-electron chi connectivity index (χ1n) is 8.23. The molecule has 0 spiro atoms. The standard InChI is InChI=1S/C18H25ClN4OS.HI/c1-12-17(25-13(2)23-12)8-10-22-18(20-3)21-9-7-14-5-6-15(24-4)11-16(14)19;/h5-6,11H,7-10H2,1-4H3,(H2,20,21,22);1H. The first-order valence-corrected chi connectivity index (χ1v) is 9.42. The van der Waals surface area contributed by atoms with Gasteiger partial charge in [-0.2, -0.15) is 0 Å². The minimum Gasteiger partial charge on any atom is -0.497 e. The van der Waals surface area contributed by atoms with Crippen LogP contribution in [0.15, 0.2) is 23.2 Å². The van der Waals surface area contributed by atoms with Crippen molar-refractivity contribution in [2.75, 3.05) is 27.2 Å². The van der Waals surface area contributed by atoms with Crippen molar-refractivity contribution in [1.29, 1.82) is 0 Å². The van der Waals surface area contributed by atoms with Crippen molar-refractivity contribution in [2.24, 2.45) is 4.99 Å². The third-order valence-electron chi connectivity index (χ3n) is 3.81. The minimum absolute atomic E-state index is 0. The summed E-state index contributed by atoms with van der Waals surface area (Å²) in [6.07, 6.45) is 1.76. The number of nitrogens with zero attached hydrogens (tertiary/aromatic N) is 2. The first kappa shape index (κ1) is 23.0. The Morgan fingerprint density at radius 2 is 1.92 bits per heavy atom. The molecule has 1 aromatic heterocycles. The van der Waals surface area contributed by atoms with Crippen molar-refractivity contribution in [2.45, 2.75) is 26.7 Å². The lowest BCUT2D eigenvalue weighted by molar-refractivity contribution is 0.414. The van der Waals surface area contributed by atoms with Gasteiger partial charge < -0.3 is 15.4 Å². The van der Waals surface area contributed by atoms with Crippen LogP contribution in [0.4, 0.5) is 0 Å². The second-order valence-corrected chi connectivity index (χ2v) is 7.32. The molecule has 144 valence electrons. The molecule has 1 aromatic carbocycles. The Labute approximate surface area is 181 Å². The number of methoxy groups -OCH3 is 1. The normalized spacial score (nSPS) is 11.0. The van der Waals surface area contributed by atoms with E-state index in [1.807, 2.05) is 25.1 Å².